The van der Waals surface area contributed by atoms with Crippen LogP contribution < -0.4 is 5.32 Å². The first-order valence-corrected chi connectivity index (χ1v) is 8.01. The standard InChI is InChI=1S/C16H24F3N3O2/c1-14(2)6-4-11(5-7-14)21-12(23)10-15(24,16(17,18)19)13-20-8-9-22(13)3/h8-9,11,24H,4-7,10H2,1-3H3,(H,21,23). The Bertz CT molecular complexity index is 588. The zero-order valence-corrected chi connectivity index (χ0v) is 14.2. The van der Waals surface area contributed by atoms with E-state index in [0.29, 0.717) is 0 Å². The van der Waals surface area contributed by atoms with E-state index >= 15 is 0 Å². The van der Waals surface area contributed by atoms with Gasteiger partial charge in [0.25, 0.3) is 0 Å². The molecule has 0 bridgehead atoms. The summed E-state index contributed by atoms with van der Waals surface area (Å²) in [5.74, 6) is -1.41. The van der Waals surface area contributed by atoms with E-state index in [-0.39, 0.29) is 11.5 Å². The van der Waals surface area contributed by atoms with Crippen molar-refractivity contribution in [2.24, 2.45) is 12.5 Å². The number of hydrogen-bond donors (Lipinski definition) is 2. The topological polar surface area (TPSA) is 67.1 Å². The summed E-state index contributed by atoms with van der Waals surface area (Å²) in [5, 5.41) is 12.8. The van der Waals surface area contributed by atoms with E-state index < -0.39 is 29.9 Å². The van der Waals surface area contributed by atoms with Crippen molar-refractivity contribution in [2.45, 2.75) is 63.8 Å². The van der Waals surface area contributed by atoms with Crippen LogP contribution in [0, 0.1) is 5.41 Å². The highest BCUT2D eigenvalue weighted by Gasteiger charge is 2.58. The van der Waals surface area contributed by atoms with Crippen LogP contribution in [0.4, 0.5) is 13.2 Å². The van der Waals surface area contributed by atoms with Crippen molar-refractivity contribution in [2.75, 3.05) is 0 Å². The van der Waals surface area contributed by atoms with Gasteiger partial charge in [-0.3, -0.25) is 4.79 Å². The molecule has 1 fully saturated rings. The minimum Gasteiger partial charge on any atom is -0.374 e. The molecule has 0 saturated heterocycles. The maximum absolute atomic E-state index is 13.4. The quantitative estimate of drug-likeness (QED) is 0.880. The Morgan fingerprint density at radius 3 is 2.46 bits per heavy atom. The Morgan fingerprint density at radius 1 is 1.42 bits per heavy atom. The minimum atomic E-state index is -5.00. The van der Waals surface area contributed by atoms with Gasteiger partial charge in [-0.2, -0.15) is 13.2 Å². The molecule has 0 spiro atoms. The number of carbonyl (C=O) groups excluding carboxylic acids is 1. The highest BCUT2D eigenvalue weighted by atomic mass is 19.4. The van der Waals surface area contributed by atoms with E-state index in [4.69, 9.17) is 0 Å². The Kier molecular flexibility index (Phi) is 4.99. The van der Waals surface area contributed by atoms with Crippen LogP contribution in [-0.2, 0) is 17.4 Å². The molecule has 2 N–H and O–H groups in total. The second-order valence-electron chi connectivity index (χ2n) is 7.40. The summed E-state index contributed by atoms with van der Waals surface area (Å²) in [6, 6.07) is -0.149. The first-order chi connectivity index (χ1) is 10.9. The number of imidazole rings is 1. The molecule has 1 aromatic rings. The van der Waals surface area contributed by atoms with Crippen molar-refractivity contribution in [1.29, 1.82) is 0 Å². The molecule has 0 aromatic carbocycles. The smallest absolute Gasteiger partial charge is 0.374 e. The molecule has 1 unspecified atom stereocenters. The van der Waals surface area contributed by atoms with Crippen LogP contribution in [0.5, 0.6) is 0 Å². The summed E-state index contributed by atoms with van der Waals surface area (Å²) >= 11 is 0. The van der Waals surface area contributed by atoms with Gasteiger partial charge < -0.3 is 15.0 Å². The molecular weight excluding hydrogens is 323 g/mol. The molecule has 5 nitrogen and oxygen atoms in total. The van der Waals surface area contributed by atoms with E-state index in [1.807, 2.05) is 0 Å². The number of hydrogen-bond acceptors (Lipinski definition) is 3. The number of aryl methyl sites for hydroxylation is 1. The van der Waals surface area contributed by atoms with Gasteiger partial charge in [-0.15, -0.1) is 0 Å². The summed E-state index contributed by atoms with van der Waals surface area (Å²) in [7, 11) is 1.35. The van der Waals surface area contributed by atoms with Gasteiger partial charge in [0.15, 0.2) is 5.82 Å². The van der Waals surface area contributed by atoms with Gasteiger partial charge in [0.2, 0.25) is 11.5 Å². The summed E-state index contributed by atoms with van der Waals surface area (Å²) in [6.07, 6.45) is -0.377. The van der Waals surface area contributed by atoms with Crippen LogP contribution in [-0.4, -0.2) is 32.8 Å². The van der Waals surface area contributed by atoms with Crippen molar-refractivity contribution in [1.82, 2.24) is 14.9 Å². The lowest BCUT2D eigenvalue weighted by Gasteiger charge is -2.35. The molecule has 0 aliphatic heterocycles. The number of carbonyl (C=O) groups is 1. The lowest BCUT2D eigenvalue weighted by atomic mass is 9.75. The van der Waals surface area contributed by atoms with Gasteiger partial charge in [-0.1, -0.05) is 13.8 Å². The second-order valence-corrected chi connectivity index (χ2v) is 7.40. The zero-order chi connectivity index (χ0) is 18.2. The molecule has 1 aliphatic carbocycles. The summed E-state index contributed by atoms with van der Waals surface area (Å²) < 4.78 is 41.3. The van der Waals surface area contributed by atoms with Crippen molar-refractivity contribution >= 4 is 5.91 Å². The van der Waals surface area contributed by atoms with Crippen LogP contribution in [0.1, 0.15) is 51.8 Å². The van der Waals surface area contributed by atoms with Crippen LogP contribution >= 0.6 is 0 Å². The maximum Gasteiger partial charge on any atom is 0.425 e. The number of aliphatic hydroxyl groups is 1. The minimum absolute atomic E-state index is 0.149. The van der Waals surface area contributed by atoms with Gasteiger partial charge in [-0.05, 0) is 31.1 Å². The van der Waals surface area contributed by atoms with E-state index in [1.165, 1.54) is 13.2 Å². The molecule has 1 saturated carbocycles. The molecule has 8 heteroatoms. The molecular formula is C16H24F3N3O2. The fourth-order valence-electron chi connectivity index (χ4n) is 3.12. The first kappa shape index (κ1) is 18.8. The van der Waals surface area contributed by atoms with Gasteiger partial charge in [0.05, 0.1) is 6.42 Å². The largest absolute Gasteiger partial charge is 0.425 e. The van der Waals surface area contributed by atoms with Crippen molar-refractivity contribution in [3.05, 3.63) is 18.2 Å². The van der Waals surface area contributed by atoms with Gasteiger partial charge in [0, 0.05) is 25.5 Å². The summed E-state index contributed by atoms with van der Waals surface area (Å²) in [6.45, 7) is 4.27. The first-order valence-electron chi connectivity index (χ1n) is 8.01. The Balaban J connectivity index is 2.08. The van der Waals surface area contributed by atoms with E-state index in [2.05, 4.69) is 24.1 Å². The summed E-state index contributed by atoms with van der Waals surface area (Å²) in [4.78, 5) is 15.7. The number of amides is 1. The average molecular weight is 347 g/mol. The Morgan fingerprint density at radius 2 is 2.00 bits per heavy atom. The molecule has 2 rings (SSSR count). The lowest BCUT2D eigenvalue weighted by Crippen LogP contribution is -2.49. The Hall–Kier alpha value is -1.57. The fraction of sp³-hybridized carbons (Fsp3) is 0.750. The van der Waals surface area contributed by atoms with Crippen LogP contribution in [0.25, 0.3) is 0 Å². The number of alkyl halides is 3. The molecule has 136 valence electrons. The Labute approximate surface area is 139 Å². The molecule has 1 aromatic heterocycles. The number of nitrogens with zero attached hydrogens (tertiary/aromatic N) is 2. The summed E-state index contributed by atoms with van der Waals surface area (Å²) in [5.41, 5.74) is -3.11. The van der Waals surface area contributed by atoms with Gasteiger partial charge in [-0.25, -0.2) is 4.98 Å². The molecule has 0 radical (unpaired) electrons. The van der Waals surface area contributed by atoms with Crippen molar-refractivity contribution in [3.8, 4) is 0 Å². The van der Waals surface area contributed by atoms with E-state index in [9.17, 15) is 23.1 Å². The fourth-order valence-corrected chi connectivity index (χ4v) is 3.12. The van der Waals surface area contributed by atoms with Crippen LogP contribution in [0.3, 0.4) is 0 Å². The highest BCUT2D eigenvalue weighted by Crippen LogP contribution is 2.41. The SMILES string of the molecule is Cn1ccnc1C(O)(CC(=O)NC1CCC(C)(C)CC1)C(F)(F)F. The third kappa shape index (κ3) is 3.91. The molecule has 1 atom stereocenters. The maximum atomic E-state index is 13.4. The van der Waals surface area contributed by atoms with Gasteiger partial charge in [0.1, 0.15) is 0 Å². The zero-order valence-electron chi connectivity index (χ0n) is 14.2. The van der Waals surface area contributed by atoms with Gasteiger partial charge >= 0.3 is 6.18 Å². The van der Waals surface area contributed by atoms with Crippen LogP contribution in [0.2, 0.25) is 0 Å². The van der Waals surface area contributed by atoms with E-state index in [0.717, 1.165) is 36.4 Å². The average Bonchev–Trinajstić information content (AvgIpc) is 2.86. The second kappa shape index (κ2) is 6.38. The number of rotatable bonds is 4. The van der Waals surface area contributed by atoms with E-state index in [1.54, 1.807) is 0 Å². The highest BCUT2D eigenvalue weighted by molar-refractivity contribution is 5.77. The third-order valence-electron chi connectivity index (χ3n) is 4.78. The lowest BCUT2D eigenvalue weighted by molar-refractivity contribution is -0.271. The number of nitrogens with one attached hydrogen (secondary N) is 1. The number of aromatic nitrogens is 2. The predicted molar refractivity (Wildman–Crippen MR) is 82.0 cm³/mol. The molecule has 1 heterocycles. The number of halogens is 3. The molecule has 1 amide bonds. The monoisotopic (exact) mass is 347 g/mol. The molecule has 24 heavy (non-hydrogen) atoms. The molecule has 1 aliphatic rings. The third-order valence-corrected chi connectivity index (χ3v) is 4.78. The van der Waals surface area contributed by atoms with Crippen molar-refractivity contribution < 1.29 is 23.1 Å². The van der Waals surface area contributed by atoms with Crippen LogP contribution in [0.15, 0.2) is 12.4 Å². The van der Waals surface area contributed by atoms with Crippen molar-refractivity contribution in [3.63, 3.8) is 0 Å². The normalized spacial score (nSPS) is 21.3. The predicted octanol–water partition coefficient (Wildman–Crippen LogP) is 2.65.